The van der Waals surface area contributed by atoms with E-state index in [4.69, 9.17) is 14.2 Å². The molecule has 5 heteroatoms. The third-order valence-corrected chi connectivity index (χ3v) is 12.9. The molecule has 0 saturated heterocycles. The van der Waals surface area contributed by atoms with E-state index in [0.29, 0.717) is 25.9 Å². The van der Waals surface area contributed by atoms with Crippen molar-refractivity contribution in [2.24, 2.45) is 0 Å². The molecule has 5 nitrogen and oxygen atoms in total. The Bertz CT molecular complexity index is 1290. The summed E-state index contributed by atoms with van der Waals surface area (Å²) in [5.41, 5.74) is 0. The summed E-state index contributed by atoms with van der Waals surface area (Å²) in [6.07, 6.45) is 80.5. The van der Waals surface area contributed by atoms with Gasteiger partial charge in [-0.2, -0.15) is 0 Å². The number of carbonyl (C=O) groups excluding carboxylic acids is 2. The predicted octanol–water partition coefficient (Wildman–Crippen LogP) is 20.8. The molecule has 0 aliphatic heterocycles. The molecule has 0 unspecified atom stereocenters. The number of hydrogen-bond acceptors (Lipinski definition) is 5. The highest BCUT2D eigenvalue weighted by molar-refractivity contribution is 5.70. The van der Waals surface area contributed by atoms with Gasteiger partial charge in [0.05, 0.1) is 6.61 Å². The van der Waals surface area contributed by atoms with E-state index in [1.807, 2.05) is 6.08 Å². The van der Waals surface area contributed by atoms with Crippen molar-refractivity contribution in [2.45, 2.75) is 297 Å². The lowest BCUT2D eigenvalue weighted by Crippen LogP contribution is -2.30. The van der Waals surface area contributed by atoms with Crippen LogP contribution in [0.2, 0.25) is 0 Å². The fraction of sp³-hybridized carbons (Fsp3) is 0.754. The lowest BCUT2D eigenvalue weighted by atomic mass is 10.0. The molecule has 1 atom stereocenters. The van der Waals surface area contributed by atoms with Crippen LogP contribution in [0, 0.1) is 0 Å². The van der Waals surface area contributed by atoms with Crippen LogP contribution in [-0.2, 0) is 23.8 Å². The van der Waals surface area contributed by atoms with Gasteiger partial charge in [0.15, 0.2) is 6.10 Å². The summed E-state index contributed by atoms with van der Waals surface area (Å²) in [6.45, 7) is 7.73. The summed E-state index contributed by atoms with van der Waals surface area (Å²) in [5, 5.41) is 0. The van der Waals surface area contributed by atoms with E-state index >= 15 is 0 Å². The summed E-state index contributed by atoms with van der Waals surface area (Å²) >= 11 is 0. The molecule has 404 valence electrons. The highest BCUT2D eigenvalue weighted by atomic mass is 16.6. The molecule has 0 aliphatic carbocycles. The van der Waals surface area contributed by atoms with E-state index in [1.165, 1.54) is 186 Å². The molecule has 70 heavy (non-hydrogen) atoms. The third-order valence-electron chi connectivity index (χ3n) is 12.9. The normalized spacial score (nSPS) is 12.8. The fourth-order valence-corrected chi connectivity index (χ4v) is 8.41. The van der Waals surface area contributed by atoms with Crippen molar-refractivity contribution >= 4 is 11.9 Å². The summed E-state index contributed by atoms with van der Waals surface area (Å²) in [4.78, 5) is 25.5. The second-order valence-corrected chi connectivity index (χ2v) is 19.9. The molecule has 0 aromatic heterocycles. The molecular formula is C65H114O5. The number of ether oxygens (including phenoxy) is 3. The molecule has 0 heterocycles. The van der Waals surface area contributed by atoms with Crippen LogP contribution in [0.5, 0.6) is 0 Å². The van der Waals surface area contributed by atoms with Gasteiger partial charge in [0.1, 0.15) is 6.61 Å². The number of allylic oxidation sites excluding steroid dienone is 14. The number of esters is 2. The molecular weight excluding hydrogens is 861 g/mol. The van der Waals surface area contributed by atoms with Gasteiger partial charge in [-0.25, -0.2) is 0 Å². The largest absolute Gasteiger partial charge is 0.462 e. The van der Waals surface area contributed by atoms with Crippen LogP contribution >= 0.6 is 0 Å². The second kappa shape index (κ2) is 60.4. The first-order valence-electron chi connectivity index (χ1n) is 30.1. The van der Waals surface area contributed by atoms with Gasteiger partial charge >= 0.3 is 11.9 Å². The van der Waals surface area contributed by atoms with Crippen LogP contribution in [0.4, 0.5) is 0 Å². The Morgan fingerprint density at radius 2 is 0.629 bits per heavy atom. The average Bonchev–Trinajstić information content (AvgIpc) is 3.36. The Kier molecular flexibility index (Phi) is 57.9. The number of rotatable bonds is 55. The maximum Gasteiger partial charge on any atom is 0.306 e. The average molecular weight is 976 g/mol. The van der Waals surface area contributed by atoms with Crippen LogP contribution < -0.4 is 0 Å². The molecule has 0 fully saturated rings. The van der Waals surface area contributed by atoms with Gasteiger partial charge in [-0.3, -0.25) is 9.59 Å². The molecule has 0 spiro atoms. The van der Waals surface area contributed by atoms with Crippen LogP contribution in [0.1, 0.15) is 290 Å². The van der Waals surface area contributed by atoms with Crippen molar-refractivity contribution in [1.29, 1.82) is 0 Å². The zero-order chi connectivity index (χ0) is 50.6. The van der Waals surface area contributed by atoms with E-state index in [9.17, 15) is 9.59 Å². The first kappa shape index (κ1) is 67.1. The van der Waals surface area contributed by atoms with Crippen molar-refractivity contribution in [3.05, 3.63) is 85.1 Å². The quantitative estimate of drug-likeness (QED) is 0.0345. The maximum absolute atomic E-state index is 12.8. The lowest BCUT2D eigenvalue weighted by molar-refractivity contribution is -0.162. The van der Waals surface area contributed by atoms with E-state index in [2.05, 4.69) is 99.8 Å². The third kappa shape index (κ3) is 57.7. The lowest BCUT2D eigenvalue weighted by Gasteiger charge is -2.18. The molecule has 0 radical (unpaired) electrons. The minimum atomic E-state index is -0.580. The summed E-state index contributed by atoms with van der Waals surface area (Å²) < 4.78 is 17.4. The van der Waals surface area contributed by atoms with Crippen LogP contribution in [-0.4, -0.2) is 37.9 Å². The second-order valence-electron chi connectivity index (χ2n) is 19.9. The molecule has 0 aromatic carbocycles. The molecule has 0 N–H and O–H groups in total. The van der Waals surface area contributed by atoms with E-state index in [1.54, 1.807) is 0 Å². The molecule has 0 rings (SSSR count). The van der Waals surface area contributed by atoms with Crippen LogP contribution in [0.3, 0.4) is 0 Å². The highest BCUT2D eigenvalue weighted by Crippen LogP contribution is 2.15. The standard InChI is InChI=1S/C65H114O5/c1-4-7-10-13-16-19-22-25-28-31-33-35-37-40-43-46-49-52-55-58-64(66)69-62-63(61-68-60-57-54-51-48-45-42-39-30-27-24-21-18-15-12-9-6-3)70-65(67)59-56-53-50-47-44-41-38-36-34-32-29-26-23-20-17-14-11-8-5-2/h16-17,19-20,25-26,28-29,34,36,41,44,50,53,63H,4-15,18,21-24,27,30-33,35,37-40,42-43,45-49,51-52,54-62H2,1-3H3/b19-16-,20-17-,28-25-,29-26-,36-34-,44-41-,53-50-/t63-/m1/s1. The van der Waals surface area contributed by atoms with E-state index in [0.717, 1.165) is 64.2 Å². The van der Waals surface area contributed by atoms with Crippen molar-refractivity contribution in [3.63, 3.8) is 0 Å². The summed E-state index contributed by atoms with van der Waals surface area (Å²) in [7, 11) is 0. The SMILES string of the molecule is CCCCC/C=C\C/C=C\C/C=C\C/C=C\C/C=C\CCC(=O)O[C@H](COCCCCCCCCCCCCCCCCCC)COC(=O)CCCCCCCCCCC/C=C\C/C=C\CCCCC. The molecule has 0 saturated carbocycles. The molecule has 0 bridgehead atoms. The van der Waals surface area contributed by atoms with Crippen molar-refractivity contribution in [1.82, 2.24) is 0 Å². The van der Waals surface area contributed by atoms with Gasteiger partial charge in [-0.05, 0) is 89.9 Å². The fourth-order valence-electron chi connectivity index (χ4n) is 8.41. The molecule has 0 amide bonds. The summed E-state index contributed by atoms with van der Waals surface area (Å²) in [5.74, 6) is -0.488. The Labute approximate surface area is 435 Å². The Morgan fingerprint density at radius 1 is 0.314 bits per heavy atom. The molecule has 0 aliphatic rings. The highest BCUT2D eigenvalue weighted by Gasteiger charge is 2.17. The Balaban J connectivity index is 4.38. The minimum Gasteiger partial charge on any atom is -0.462 e. The Morgan fingerprint density at radius 3 is 1.04 bits per heavy atom. The van der Waals surface area contributed by atoms with Gasteiger partial charge in [-0.1, -0.05) is 273 Å². The first-order chi connectivity index (χ1) is 34.6. The van der Waals surface area contributed by atoms with Crippen molar-refractivity contribution < 1.29 is 23.8 Å². The van der Waals surface area contributed by atoms with E-state index in [-0.39, 0.29) is 25.2 Å². The van der Waals surface area contributed by atoms with Gasteiger partial charge in [-0.15, -0.1) is 0 Å². The van der Waals surface area contributed by atoms with Crippen molar-refractivity contribution in [3.8, 4) is 0 Å². The molecule has 0 aromatic rings. The first-order valence-corrected chi connectivity index (χ1v) is 30.1. The monoisotopic (exact) mass is 975 g/mol. The van der Waals surface area contributed by atoms with Crippen LogP contribution in [0.25, 0.3) is 0 Å². The van der Waals surface area contributed by atoms with Gasteiger partial charge in [0.2, 0.25) is 0 Å². The van der Waals surface area contributed by atoms with Crippen molar-refractivity contribution in [2.75, 3.05) is 19.8 Å². The number of carbonyl (C=O) groups is 2. The minimum absolute atomic E-state index is 0.0530. The zero-order valence-corrected chi connectivity index (χ0v) is 46.5. The number of unbranched alkanes of at least 4 members (excludes halogenated alkanes) is 30. The predicted molar refractivity (Wildman–Crippen MR) is 307 cm³/mol. The smallest absolute Gasteiger partial charge is 0.306 e. The zero-order valence-electron chi connectivity index (χ0n) is 46.5. The van der Waals surface area contributed by atoms with Gasteiger partial charge in [0.25, 0.3) is 0 Å². The van der Waals surface area contributed by atoms with E-state index < -0.39 is 6.10 Å². The maximum atomic E-state index is 12.8. The summed E-state index contributed by atoms with van der Waals surface area (Å²) in [6, 6.07) is 0. The Hall–Kier alpha value is -2.92. The number of hydrogen-bond donors (Lipinski definition) is 0. The van der Waals surface area contributed by atoms with Crippen LogP contribution in [0.15, 0.2) is 85.1 Å². The van der Waals surface area contributed by atoms with Gasteiger partial charge in [0, 0.05) is 19.4 Å². The van der Waals surface area contributed by atoms with Gasteiger partial charge < -0.3 is 14.2 Å². The topological polar surface area (TPSA) is 61.8 Å².